The molecular formula is C20H30N2O3. The van der Waals surface area contributed by atoms with E-state index in [-0.39, 0.29) is 11.7 Å². The molecule has 5 nitrogen and oxygen atoms in total. The van der Waals surface area contributed by atoms with Crippen molar-refractivity contribution in [1.29, 1.82) is 0 Å². The van der Waals surface area contributed by atoms with Gasteiger partial charge in [0, 0.05) is 38.9 Å². The topological polar surface area (TPSA) is 43.8 Å². The van der Waals surface area contributed by atoms with Gasteiger partial charge >= 0.3 is 0 Å². The van der Waals surface area contributed by atoms with Gasteiger partial charge in [0.25, 0.3) is 0 Å². The number of hydrogen-bond acceptors (Lipinski definition) is 5. The van der Waals surface area contributed by atoms with Gasteiger partial charge in [0.05, 0.1) is 30.6 Å². The van der Waals surface area contributed by atoms with E-state index in [2.05, 4.69) is 9.88 Å². The standard InChI is InChI=1S/C20H30N2O3/c1-2-8-21-18(4-1)14-24-19-12-20(25-15-19)7-3-9-22(16-20)13-17-5-10-23-11-6-17/h1-2,4,8,17,19H,3,5-7,9-16H2/t19-,20+/m1/s1. The van der Waals surface area contributed by atoms with Crippen molar-refractivity contribution in [3.05, 3.63) is 30.1 Å². The molecule has 25 heavy (non-hydrogen) atoms. The molecule has 3 fully saturated rings. The van der Waals surface area contributed by atoms with E-state index in [0.717, 1.165) is 44.4 Å². The second-order valence-electron chi connectivity index (χ2n) is 7.85. The number of pyridine rings is 1. The number of rotatable bonds is 5. The summed E-state index contributed by atoms with van der Waals surface area (Å²) in [5.41, 5.74) is 1.01. The van der Waals surface area contributed by atoms with Crippen LogP contribution in [-0.4, -0.2) is 61.0 Å². The van der Waals surface area contributed by atoms with E-state index in [9.17, 15) is 0 Å². The molecule has 0 saturated carbocycles. The van der Waals surface area contributed by atoms with Crippen molar-refractivity contribution in [2.45, 2.75) is 50.4 Å². The average Bonchev–Trinajstić information content (AvgIpc) is 3.04. The normalized spacial score (nSPS) is 31.6. The second-order valence-corrected chi connectivity index (χ2v) is 7.85. The van der Waals surface area contributed by atoms with E-state index in [1.54, 1.807) is 0 Å². The molecule has 2 atom stereocenters. The van der Waals surface area contributed by atoms with Crippen molar-refractivity contribution in [1.82, 2.24) is 9.88 Å². The molecule has 138 valence electrons. The maximum atomic E-state index is 6.29. The van der Waals surface area contributed by atoms with Crippen molar-refractivity contribution in [2.75, 3.05) is 39.5 Å². The van der Waals surface area contributed by atoms with Gasteiger partial charge in [-0.1, -0.05) is 6.07 Å². The lowest BCUT2D eigenvalue weighted by atomic mass is 9.88. The second kappa shape index (κ2) is 8.12. The zero-order chi connectivity index (χ0) is 17.0. The Balaban J connectivity index is 1.27. The van der Waals surface area contributed by atoms with Gasteiger partial charge in [-0.15, -0.1) is 0 Å². The van der Waals surface area contributed by atoms with E-state index < -0.39 is 0 Å². The van der Waals surface area contributed by atoms with Gasteiger partial charge in [-0.05, 0) is 50.3 Å². The Kier molecular flexibility index (Phi) is 5.66. The molecule has 3 aliphatic rings. The van der Waals surface area contributed by atoms with Crippen LogP contribution in [0.15, 0.2) is 24.4 Å². The van der Waals surface area contributed by atoms with Crippen LogP contribution in [-0.2, 0) is 20.8 Å². The Bertz CT molecular complexity index is 535. The Morgan fingerprint density at radius 2 is 2.20 bits per heavy atom. The van der Waals surface area contributed by atoms with Gasteiger partial charge in [-0.25, -0.2) is 0 Å². The third-order valence-electron chi connectivity index (χ3n) is 5.84. The average molecular weight is 346 g/mol. The van der Waals surface area contributed by atoms with Crippen LogP contribution in [0.25, 0.3) is 0 Å². The minimum absolute atomic E-state index is 0.0121. The summed E-state index contributed by atoms with van der Waals surface area (Å²) in [5, 5.41) is 0. The molecule has 0 radical (unpaired) electrons. The van der Waals surface area contributed by atoms with Crippen LogP contribution in [0.4, 0.5) is 0 Å². The monoisotopic (exact) mass is 346 g/mol. The zero-order valence-electron chi connectivity index (χ0n) is 15.1. The molecule has 3 saturated heterocycles. The summed E-state index contributed by atoms with van der Waals surface area (Å²) in [6.07, 6.45) is 7.85. The Morgan fingerprint density at radius 3 is 3.04 bits per heavy atom. The van der Waals surface area contributed by atoms with Gasteiger partial charge < -0.3 is 19.1 Å². The molecule has 1 aromatic heterocycles. The molecule has 1 aromatic rings. The Labute approximate surface area is 150 Å². The quantitative estimate of drug-likeness (QED) is 0.820. The first-order valence-corrected chi connectivity index (χ1v) is 9.77. The number of piperidine rings is 1. The van der Waals surface area contributed by atoms with Crippen molar-refractivity contribution < 1.29 is 14.2 Å². The molecule has 0 aromatic carbocycles. The molecular weight excluding hydrogens is 316 g/mol. The lowest BCUT2D eigenvalue weighted by Gasteiger charge is -2.41. The summed E-state index contributed by atoms with van der Waals surface area (Å²) in [6.45, 7) is 6.64. The van der Waals surface area contributed by atoms with Crippen LogP contribution in [0.1, 0.15) is 37.8 Å². The molecule has 0 amide bonds. The lowest BCUT2D eigenvalue weighted by molar-refractivity contribution is -0.0592. The van der Waals surface area contributed by atoms with Gasteiger partial charge in [-0.3, -0.25) is 4.98 Å². The minimum atomic E-state index is 0.0121. The van der Waals surface area contributed by atoms with E-state index in [1.165, 1.54) is 38.8 Å². The highest BCUT2D eigenvalue weighted by Crippen LogP contribution is 2.36. The number of ether oxygens (including phenoxy) is 3. The van der Waals surface area contributed by atoms with E-state index >= 15 is 0 Å². The third kappa shape index (κ3) is 4.59. The van der Waals surface area contributed by atoms with Crippen LogP contribution >= 0.6 is 0 Å². The first-order valence-electron chi connectivity index (χ1n) is 9.77. The predicted molar refractivity (Wildman–Crippen MR) is 95.3 cm³/mol. The number of nitrogens with zero attached hydrogens (tertiary/aromatic N) is 2. The largest absolute Gasteiger partial charge is 0.381 e. The molecule has 1 spiro atoms. The third-order valence-corrected chi connectivity index (χ3v) is 5.84. The van der Waals surface area contributed by atoms with Crippen LogP contribution < -0.4 is 0 Å². The van der Waals surface area contributed by atoms with Crippen LogP contribution in [0.2, 0.25) is 0 Å². The molecule has 0 N–H and O–H groups in total. The Hall–Kier alpha value is -1.01. The summed E-state index contributed by atoms with van der Waals surface area (Å²) >= 11 is 0. The first-order chi connectivity index (χ1) is 12.3. The molecule has 4 rings (SSSR count). The summed E-state index contributed by atoms with van der Waals surface area (Å²) in [6, 6.07) is 5.96. The van der Waals surface area contributed by atoms with Gasteiger partial charge in [0.15, 0.2) is 0 Å². The van der Waals surface area contributed by atoms with E-state index in [4.69, 9.17) is 14.2 Å². The lowest BCUT2D eigenvalue weighted by Crippen LogP contribution is -2.49. The zero-order valence-corrected chi connectivity index (χ0v) is 15.1. The highest BCUT2D eigenvalue weighted by molar-refractivity contribution is 5.02. The van der Waals surface area contributed by atoms with Gasteiger partial charge in [0.1, 0.15) is 0 Å². The highest BCUT2D eigenvalue weighted by atomic mass is 16.6. The van der Waals surface area contributed by atoms with Crippen LogP contribution in [0, 0.1) is 5.92 Å². The highest BCUT2D eigenvalue weighted by Gasteiger charge is 2.44. The molecule has 3 aliphatic heterocycles. The fourth-order valence-electron chi connectivity index (χ4n) is 4.52. The SMILES string of the molecule is c1ccc(CO[C@H]2CO[C@@]3(CCCN(CC4CCOCC4)C3)C2)nc1. The number of aromatic nitrogens is 1. The fraction of sp³-hybridized carbons (Fsp3) is 0.750. The first kappa shape index (κ1) is 17.4. The van der Waals surface area contributed by atoms with E-state index in [1.807, 2.05) is 24.4 Å². The van der Waals surface area contributed by atoms with E-state index in [0.29, 0.717) is 6.61 Å². The number of likely N-dealkylation sites (tertiary alicyclic amines) is 1. The Morgan fingerprint density at radius 1 is 1.28 bits per heavy atom. The van der Waals surface area contributed by atoms with Crippen molar-refractivity contribution >= 4 is 0 Å². The van der Waals surface area contributed by atoms with Crippen LogP contribution in [0.3, 0.4) is 0 Å². The predicted octanol–water partition coefficient (Wildman–Crippen LogP) is 2.65. The molecule has 0 aliphatic carbocycles. The minimum Gasteiger partial charge on any atom is -0.381 e. The molecule has 0 bridgehead atoms. The molecule has 5 heteroatoms. The number of hydrogen-bond donors (Lipinski definition) is 0. The summed E-state index contributed by atoms with van der Waals surface area (Å²) in [5.74, 6) is 0.793. The summed E-state index contributed by atoms with van der Waals surface area (Å²) in [4.78, 5) is 6.96. The smallest absolute Gasteiger partial charge is 0.0892 e. The molecule has 0 unspecified atom stereocenters. The maximum absolute atomic E-state index is 6.29. The molecule has 4 heterocycles. The van der Waals surface area contributed by atoms with Crippen LogP contribution in [0.5, 0.6) is 0 Å². The summed E-state index contributed by atoms with van der Waals surface area (Å²) in [7, 11) is 0. The van der Waals surface area contributed by atoms with Crippen molar-refractivity contribution in [2.24, 2.45) is 5.92 Å². The maximum Gasteiger partial charge on any atom is 0.0892 e. The van der Waals surface area contributed by atoms with Crippen molar-refractivity contribution in [3.8, 4) is 0 Å². The fourth-order valence-corrected chi connectivity index (χ4v) is 4.52. The van der Waals surface area contributed by atoms with Gasteiger partial charge in [-0.2, -0.15) is 0 Å². The summed E-state index contributed by atoms with van der Waals surface area (Å²) < 4.78 is 17.9. The van der Waals surface area contributed by atoms with Crippen molar-refractivity contribution in [3.63, 3.8) is 0 Å². The van der Waals surface area contributed by atoms with Gasteiger partial charge in [0.2, 0.25) is 0 Å².